The van der Waals surface area contributed by atoms with Crippen molar-refractivity contribution in [3.8, 4) is 0 Å². The molecule has 0 saturated carbocycles. The van der Waals surface area contributed by atoms with E-state index < -0.39 is 0 Å². The zero-order chi connectivity index (χ0) is 19.5. The van der Waals surface area contributed by atoms with Crippen LogP contribution in [0.15, 0.2) is 78.3 Å². The number of aromatic nitrogens is 1. The van der Waals surface area contributed by atoms with Gasteiger partial charge in [0.2, 0.25) is 11.7 Å². The Balaban J connectivity index is 1.59. The average molecular weight is 388 g/mol. The third-order valence-electron chi connectivity index (χ3n) is 4.77. The number of rotatable bonds is 6. The molecule has 0 saturated heterocycles. The van der Waals surface area contributed by atoms with Crippen molar-refractivity contribution in [3.63, 3.8) is 0 Å². The minimum absolute atomic E-state index is 0.0111. The van der Waals surface area contributed by atoms with Gasteiger partial charge in [0.05, 0.1) is 10.9 Å². The topological polar surface area (TPSA) is 51.1 Å². The highest BCUT2D eigenvalue weighted by molar-refractivity contribution is 7.12. The molecule has 2 heterocycles. The number of amides is 1. The lowest BCUT2D eigenvalue weighted by molar-refractivity contribution is -0.122. The molecular formula is C23H20N2O2S. The van der Waals surface area contributed by atoms with Crippen LogP contribution in [-0.4, -0.2) is 16.3 Å². The van der Waals surface area contributed by atoms with Gasteiger partial charge < -0.3 is 9.88 Å². The van der Waals surface area contributed by atoms with Crippen LogP contribution in [0.5, 0.6) is 0 Å². The van der Waals surface area contributed by atoms with E-state index in [0.29, 0.717) is 10.4 Å². The largest absolute Gasteiger partial charge is 0.348 e. The van der Waals surface area contributed by atoms with Crippen molar-refractivity contribution >= 4 is 33.9 Å². The Bertz CT molecular complexity index is 1110. The summed E-state index contributed by atoms with van der Waals surface area (Å²) in [5.41, 5.74) is 2.56. The van der Waals surface area contributed by atoms with Gasteiger partial charge in [-0.15, -0.1) is 11.3 Å². The predicted molar refractivity (Wildman–Crippen MR) is 113 cm³/mol. The maximum atomic E-state index is 12.9. The van der Waals surface area contributed by atoms with Gasteiger partial charge in [-0.25, -0.2) is 0 Å². The van der Waals surface area contributed by atoms with E-state index in [1.807, 2.05) is 83.6 Å². The molecule has 0 spiro atoms. The summed E-state index contributed by atoms with van der Waals surface area (Å²) in [6, 6.07) is 21.2. The van der Waals surface area contributed by atoms with Crippen LogP contribution in [0, 0.1) is 0 Å². The van der Waals surface area contributed by atoms with Crippen LogP contribution >= 0.6 is 11.3 Å². The quantitative estimate of drug-likeness (QED) is 0.482. The summed E-state index contributed by atoms with van der Waals surface area (Å²) < 4.78 is 1.85. The van der Waals surface area contributed by atoms with Crippen molar-refractivity contribution in [2.45, 2.75) is 19.5 Å². The summed E-state index contributed by atoms with van der Waals surface area (Å²) >= 11 is 1.43. The van der Waals surface area contributed by atoms with Crippen molar-refractivity contribution < 1.29 is 9.59 Å². The van der Waals surface area contributed by atoms with Crippen LogP contribution in [0.3, 0.4) is 0 Å². The SMILES string of the molecule is CC(NC(=O)Cn1cc(C(=O)c2cccs2)c2ccccc21)c1ccccc1. The van der Waals surface area contributed by atoms with E-state index in [1.54, 1.807) is 6.20 Å². The van der Waals surface area contributed by atoms with Gasteiger partial charge in [-0.05, 0) is 30.0 Å². The summed E-state index contributed by atoms with van der Waals surface area (Å²) in [6.07, 6.45) is 1.79. The number of hydrogen-bond donors (Lipinski definition) is 1. The summed E-state index contributed by atoms with van der Waals surface area (Å²) in [4.78, 5) is 26.2. The van der Waals surface area contributed by atoms with E-state index in [9.17, 15) is 9.59 Å². The molecule has 2 aromatic carbocycles. The van der Waals surface area contributed by atoms with Crippen LogP contribution in [0.25, 0.3) is 10.9 Å². The number of carbonyl (C=O) groups is 2. The molecule has 0 fully saturated rings. The Morgan fingerprint density at radius 2 is 1.75 bits per heavy atom. The van der Waals surface area contributed by atoms with Crippen molar-refractivity contribution in [2.24, 2.45) is 0 Å². The Labute approximate surface area is 167 Å². The van der Waals surface area contributed by atoms with E-state index in [-0.39, 0.29) is 24.3 Å². The Morgan fingerprint density at radius 3 is 2.50 bits per heavy atom. The highest BCUT2D eigenvalue weighted by Gasteiger charge is 2.19. The number of para-hydroxylation sites is 1. The smallest absolute Gasteiger partial charge is 0.240 e. The average Bonchev–Trinajstić information content (AvgIpc) is 3.37. The maximum Gasteiger partial charge on any atom is 0.240 e. The van der Waals surface area contributed by atoms with Gasteiger partial charge in [-0.2, -0.15) is 0 Å². The number of nitrogens with one attached hydrogen (secondary N) is 1. The lowest BCUT2D eigenvalue weighted by Crippen LogP contribution is -2.29. The van der Waals surface area contributed by atoms with Crippen LogP contribution in [-0.2, 0) is 11.3 Å². The number of thiophene rings is 1. The van der Waals surface area contributed by atoms with Gasteiger partial charge in [-0.1, -0.05) is 54.6 Å². The predicted octanol–water partition coefficient (Wildman–Crippen LogP) is 4.81. The molecule has 2 aromatic heterocycles. The second-order valence-corrected chi connectivity index (χ2v) is 7.64. The van der Waals surface area contributed by atoms with Gasteiger partial charge in [0.25, 0.3) is 0 Å². The first-order chi connectivity index (χ1) is 13.6. The number of ketones is 1. The molecule has 0 aliphatic rings. The molecule has 0 aliphatic carbocycles. The third-order valence-corrected chi connectivity index (χ3v) is 5.64. The molecule has 4 nitrogen and oxygen atoms in total. The minimum Gasteiger partial charge on any atom is -0.348 e. The fourth-order valence-corrected chi connectivity index (χ4v) is 4.04. The number of carbonyl (C=O) groups excluding carboxylic acids is 2. The van der Waals surface area contributed by atoms with E-state index >= 15 is 0 Å². The van der Waals surface area contributed by atoms with Crippen molar-refractivity contribution in [2.75, 3.05) is 0 Å². The van der Waals surface area contributed by atoms with Crippen molar-refractivity contribution in [3.05, 3.63) is 94.3 Å². The second kappa shape index (κ2) is 7.82. The Morgan fingerprint density at radius 1 is 1.00 bits per heavy atom. The summed E-state index contributed by atoms with van der Waals surface area (Å²) in [5, 5.41) is 5.79. The molecule has 4 rings (SSSR count). The zero-order valence-electron chi connectivity index (χ0n) is 15.5. The second-order valence-electron chi connectivity index (χ2n) is 6.69. The van der Waals surface area contributed by atoms with Gasteiger partial charge in [0, 0.05) is 22.7 Å². The van der Waals surface area contributed by atoms with Gasteiger partial charge in [0.1, 0.15) is 6.54 Å². The molecule has 1 unspecified atom stereocenters. The molecule has 1 N–H and O–H groups in total. The molecule has 28 heavy (non-hydrogen) atoms. The van der Waals surface area contributed by atoms with E-state index in [2.05, 4.69) is 5.32 Å². The van der Waals surface area contributed by atoms with Gasteiger partial charge in [0.15, 0.2) is 0 Å². The molecule has 0 bridgehead atoms. The van der Waals surface area contributed by atoms with E-state index in [0.717, 1.165) is 16.5 Å². The third kappa shape index (κ3) is 3.62. The minimum atomic E-state index is -0.0905. The summed E-state index contributed by atoms with van der Waals surface area (Å²) in [7, 11) is 0. The molecular weight excluding hydrogens is 368 g/mol. The normalized spacial score (nSPS) is 12.0. The van der Waals surface area contributed by atoms with Crippen LogP contribution in [0.1, 0.15) is 33.8 Å². The summed E-state index contributed by atoms with van der Waals surface area (Å²) in [5.74, 6) is -0.102. The fourth-order valence-electron chi connectivity index (χ4n) is 3.37. The Kier molecular flexibility index (Phi) is 5.08. The van der Waals surface area contributed by atoms with Crippen LogP contribution in [0.4, 0.5) is 0 Å². The van der Waals surface area contributed by atoms with Crippen molar-refractivity contribution in [1.82, 2.24) is 9.88 Å². The monoisotopic (exact) mass is 388 g/mol. The first-order valence-electron chi connectivity index (χ1n) is 9.14. The van der Waals surface area contributed by atoms with E-state index in [1.165, 1.54) is 11.3 Å². The summed E-state index contributed by atoms with van der Waals surface area (Å²) in [6.45, 7) is 2.13. The lowest BCUT2D eigenvalue weighted by Gasteiger charge is -2.15. The number of benzene rings is 2. The fraction of sp³-hybridized carbons (Fsp3) is 0.130. The van der Waals surface area contributed by atoms with Crippen LogP contribution < -0.4 is 5.32 Å². The van der Waals surface area contributed by atoms with Crippen LogP contribution in [0.2, 0.25) is 0 Å². The van der Waals surface area contributed by atoms with Crippen molar-refractivity contribution in [1.29, 1.82) is 0 Å². The molecule has 1 amide bonds. The number of hydrogen-bond acceptors (Lipinski definition) is 3. The standard InChI is InChI=1S/C23H20N2O2S/c1-16(17-8-3-2-4-9-17)24-22(26)15-25-14-19(18-10-5-6-11-20(18)25)23(27)21-12-7-13-28-21/h2-14,16H,15H2,1H3,(H,24,26). The van der Waals surface area contributed by atoms with E-state index in [4.69, 9.17) is 0 Å². The molecule has 1 atom stereocenters. The number of nitrogens with zero attached hydrogens (tertiary/aromatic N) is 1. The molecule has 0 aliphatic heterocycles. The first kappa shape index (κ1) is 18.2. The zero-order valence-corrected chi connectivity index (χ0v) is 16.3. The molecule has 4 aromatic rings. The molecule has 140 valence electrons. The van der Waals surface area contributed by atoms with Gasteiger partial charge in [-0.3, -0.25) is 9.59 Å². The lowest BCUT2D eigenvalue weighted by atomic mass is 10.1. The molecule has 5 heteroatoms. The molecule has 0 radical (unpaired) electrons. The Hall–Kier alpha value is -3.18. The highest BCUT2D eigenvalue weighted by Crippen LogP contribution is 2.25. The maximum absolute atomic E-state index is 12.9. The van der Waals surface area contributed by atoms with Gasteiger partial charge >= 0.3 is 0 Å². The number of fused-ring (bicyclic) bond motifs is 1. The first-order valence-corrected chi connectivity index (χ1v) is 10.0. The highest BCUT2D eigenvalue weighted by atomic mass is 32.1.